The van der Waals surface area contributed by atoms with Crippen LogP contribution in [0, 0.1) is 5.82 Å². The predicted molar refractivity (Wildman–Crippen MR) is 91.0 cm³/mol. The Morgan fingerprint density at radius 1 is 1.04 bits per heavy atom. The molecule has 0 fully saturated rings. The van der Waals surface area contributed by atoms with E-state index in [9.17, 15) is 9.18 Å². The van der Waals surface area contributed by atoms with E-state index in [1.54, 1.807) is 43.4 Å². The highest BCUT2D eigenvalue weighted by Gasteiger charge is 2.16. The van der Waals surface area contributed by atoms with Crippen LogP contribution in [0.15, 0.2) is 42.5 Å². The van der Waals surface area contributed by atoms with E-state index in [-0.39, 0.29) is 18.3 Å². The molecular formula is C19H22FNO3. The smallest absolute Gasteiger partial charge is 0.254 e. The first-order valence-corrected chi connectivity index (χ1v) is 7.95. The molecule has 2 aromatic rings. The van der Waals surface area contributed by atoms with Gasteiger partial charge < -0.3 is 14.4 Å². The fourth-order valence-corrected chi connectivity index (χ4v) is 2.36. The summed E-state index contributed by atoms with van der Waals surface area (Å²) in [5.74, 6) is 0.609. The lowest BCUT2D eigenvalue weighted by Crippen LogP contribution is -2.26. The van der Waals surface area contributed by atoms with Crippen LogP contribution in [-0.4, -0.2) is 31.1 Å². The summed E-state index contributed by atoms with van der Waals surface area (Å²) in [4.78, 5) is 14.1. The summed E-state index contributed by atoms with van der Waals surface area (Å²) < 4.78 is 24.8. The zero-order valence-electron chi connectivity index (χ0n) is 14.2. The summed E-state index contributed by atoms with van der Waals surface area (Å²) in [6.45, 7) is 4.94. The number of nitrogens with zero attached hydrogens (tertiary/aromatic N) is 1. The Kier molecular flexibility index (Phi) is 6.18. The zero-order chi connectivity index (χ0) is 17.5. The molecule has 0 aliphatic heterocycles. The van der Waals surface area contributed by atoms with Gasteiger partial charge >= 0.3 is 0 Å². The van der Waals surface area contributed by atoms with E-state index >= 15 is 0 Å². The number of ether oxygens (including phenoxy) is 2. The minimum absolute atomic E-state index is 0.197. The summed E-state index contributed by atoms with van der Waals surface area (Å²) in [6.07, 6.45) is 0. The van der Waals surface area contributed by atoms with Gasteiger partial charge in [-0.3, -0.25) is 4.79 Å². The molecule has 0 atom stereocenters. The summed E-state index contributed by atoms with van der Waals surface area (Å²) in [6, 6.07) is 11.5. The quantitative estimate of drug-likeness (QED) is 0.772. The van der Waals surface area contributed by atoms with Crippen molar-refractivity contribution in [3.8, 4) is 11.5 Å². The maximum absolute atomic E-state index is 13.7. The molecule has 0 saturated carbocycles. The summed E-state index contributed by atoms with van der Waals surface area (Å²) in [5.41, 5.74) is 0.949. The van der Waals surface area contributed by atoms with Crippen molar-refractivity contribution in [2.45, 2.75) is 20.4 Å². The van der Waals surface area contributed by atoms with Crippen molar-refractivity contribution in [3.63, 3.8) is 0 Å². The Labute approximate surface area is 141 Å². The van der Waals surface area contributed by atoms with Crippen LogP contribution in [0.3, 0.4) is 0 Å². The molecule has 24 heavy (non-hydrogen) atoms. The van der Waals surface area contributed by atoms with Gasteiger partial charge in [-0.2, -0.15) is 0 Å². The molecule has 0 spiro atoms. The Balaban J connectivity index is 2.19. The van der Waals surface area contributed by atoms with E-state index in [1.165, 1.54) is 11.0 Å². The minimum atomic E-state index is -0.321. The first kappa shape index (κ1) is 17.8. The van der Waals surface area contributed by atoms with Gasteiger partial charge in [-0.25, -0.2) is 4.39 Å². The van der Waals surface area contributed by atoms with E-state index in [1.807, 2.05) is 13.8 Å². The van der Waals surface area contributed by atoms with Gasteiger partial charge in [-0.1, -0.05) is 18.2 Å². The molecule has 0 aliphatic rings. The molecule has 0 aliphatic carbocycles. The van der Waals surface area contributed by atoms with Gasteiger partial charge in [0.1, 0.15) is 5.82 Å². The third-order valence-electron chi connectivity index (χ3n) is 3.50. The number of carbonyl (C=O) groups is 1. The van der Waals surface area contributed by atoms with Crippen LogP contribution in [0.1, 0.15) is 29.8 Å². The number of rotatable bonds is 7. The van der Waals surface area contributed by atoms with Gasteiger partial charge in [0.15, 0.2) is 11.5 Å². The normalized spacial score (nSPS) is 10.3. The van der Waals surface area contributed by atoms with Crippen molar-refractivity contribution in [3.05, 3.63) is 59.4 Å². The fraction of sp³-hybridized carbons (Fsp3) is 0.316. The molecule has 0 unspecified atom stereocenters. The SMILES string of the molecule is CCOc1ccc(C(=O)N(C)Cc2ccccc2F)cc1OCC. The number of amides is 1. The maximum Gasteiger partial charge on any atom is 0.254 e. The van der Waals surface area contributed by atoms with Crippen LogP contribution in [-0.2, 0) is 6.54 Å². The lowest BCUT2D eigenvalue weighted by atomic mass is 10.1. The second-order valence-corrected chi connectivity index (χ2v) is 5.28. The molecule has 2 rings (SSSR count). The first-order valence-electron chi connectivity index (χ1n) is 7.95. The lowest BCUT2D eigenvalue weighted by Gasteiger charge is -2.19. The Morgan fingerprint density at radius 3 is 2.38 bits per heavy atom. The third kappa shape index (κ3) is 4.25. The summed E-state index contributed by atoms with van der Waals surface area (Å²) >= 11 is 0. The number of carbonyl (C=O) groups excluding carboxylic acids is 1. The molecule has 0 N–H and O–H groups in total. The Bertz CT molecular complexity index is 703. The van der Waals surface area contributed by atoms with Gasteiger partial charge in [0.05, 0.1) is 13.2 Å². The molecule has 1 amide bonds. The molecule has 0 aromatic heterocycles. The van der Waals surface area contributed by atoms with E-state index < -0.39 is 0 Å². The monoisotopic (exact) mass is 331 g/mol. The van der Waals surface area contributed by atoms with Crippen LogP contribution in [0.2, 0.25) is 0 Å². The highest BCUT2D eigenvalue weighted by atomic mass is 19.1. The van der Waals surface area contributed by atoms with Crippen molar-refractivity contribution in [1.29, 1.82) is 0 Å². The standard InChI is InChI=1S/C19H22FNO3/c1-4-23-17-11-10-14(12-18(17)24-5-2)19(22)21(3)13-15-8-6-7-9-16(15)20/h6-12H,4-5,13H2,1-3H3. The lowest BCUT2D eigenvalue weighted by molar-refractivity contribution is 0.0783. The molecule has 5 heteroatoms. The van der Waals surface area contributed by atoms with Crippen molar-refractivity contribution < 1.29 is 18.7 Å². The van der Waals surface area contributed by atoms with Gasteiger partial charge in [0.2, 0.25) is 0 Å². The van der Waals surface area contributed by atoms with Gasteiger partial charge in [-0.15, -0.1) is 0 Å². The van der Waals surface area contributed by atoms with Gasteiger partial charge in [0.25, 0.3) is 5.91 Å². The van der Waals surface area contributed by atoms with Crippen LogP contribution >= 0.6 is 0 Å². The third-order valence-corrected chi connectivity index (χ3v) is 3.50. The molecule has 4 nitrogen and oxygen atoms in total. The maximum atomic E-state index is 13.7. The van der Waals surface area contributed by atoms with E-state index in [0.29, 0.717) is 35.8 Å². The van der Waals surface area contributed by atoms with E-state index in [2.05, 4.69) is 0 Å². The number of benzene rings is 2. The Hall–Kier alpha value is -2.56. The van der Waals surface area contributed by atoms with Crippen molar-refractivity contribution >= 4 is 5.91 Å². The second-order valence-electron chi connectivity index (χ2n) is 5.28. The van der Waals surface area contributed by atoms with Gasteiger partial charge in [0, 0.05) is 24.7 Å². The average molecular weight is 331 g/mol. The molecule has 0 saturated heterocycles. The summed E-state index contributed by atoms with van der Waals surface area (Å²) in [7, 11) is 1.64. The second kappa shape index (κ2) is 8.34. The zero-order valence-corrected chi connectivity index (χ0v) is 14.2. The molecule has 0 bridgehead atoms. The van der Waals surface area contributed by atoms with Gasteiger partial charge in [-0.05, 0) is 38.1 Å². The molecule has 0 heterocycles. The molecular weight excluding hydrogens is 309 g/mol. The first-order chi connectivity index (χ1) is 11.6. The van der Waals surface area contributed by atoms with Crippen LogP contribution in [0.25, 0.3) is 0 Å². The number of halogens is 1. The van der Waals surface area contributed by atoms with Crippen LogP contribution in [0.5, 0.6) is 11.5 Å². The highest BCUT2D eigenvalue weighted by molar-refractivity contribution is 5.94. The fourth-order valence-electron chi connectivity index (χ4n) is 2.36. The van der Waals surface area contributed by atoms with Crippen LogP contribution < -0.4 is 9.47 Å². The minimum Gasteiger partial charge on any atom is -0.490 e. The number of hydrogen-bond acceptors (Lipinski definition) is 3. The highest BCUT2D eigenvalue weighted by Crippen LogP contribution is 2.29. The largest absolute Gasteiger partial charge is 0.490 e. The van der Waals surface area contributed by atoms with E-state index in [4.69, 9.17) is 9.47 Å². The van der Waals surface area contributed by atoms with Crippen molar-refractivity contribution in [2.75, 3.05) is 20.3 Å². The van der Waals surface area contributed by atoms with Crippen molar-refractivity contribution in [1.82, 2.24) is 4.90 Å². The van der Waals surface area contributed by atoms with Crippen LogP contribution in [0.4, 0.5) is 4.39 Å². The average Bonchev–Trinajstić information content (AvgIpc) is 2.58. The molecule has 128 valence electrons. The molecule has 2 aromatic carbocycles. The van der Waals surface area contributed by atoms with E-state index in [0.717, 1.165) is 0 Å². The Morgan fingerprint density at radius 2 is 1.71 bits per heavy atom. The number of hydrogen-bond donors (Lipinski definition) is 0. The topological polar surface area (TPSA) is 38.8 Å². The predicted octanol–water partition coefficient (Wildman–Crippen LogP) is 3.90. The molecule has 0 radical (unpaired) electrons. The van der Waals surface area contributed by atoms with Crippen molar-refractivity contribution in [2.24, 2.45) is 0 Å². The summed E-state index contributed by atoms with van der Waals surface area (Å²) in [5, 5.41) is 0.